The zero-order chi connectivity index (χ0) is 14.7. The molecule has 0 aromatic carbocycles. The van der Waals surface area contributed by atoms with Gasteiger partial charge >= 0.3 is 0 Å². The van der Waals surface area contributed by atoms with Gasteiger partial charge < -0.3 is 9.88 Å². The van der Waals surface area contributed by atoms with Crippen LogP contribution in [0.25, 0.3) is 0 Å². The summed E-state index contributed by atoms with van der Waals surface area (Å²) in [4.78, 5) is 0. The van der Waals surface area contributed by atoms with Crippen LogP contribution in [0.5, 0.6) is 0 Å². The maximum atomic E-state index is 4.40. The summed E-state index contributed by atoms with van der Waals surface area (Å²) in [5.74, 6) is 3.73. The molecule has 1 aliphatic rings. The zero-order valence-corrected chi connectivity index (χ0v) is 13.7. The highest BCUT2D eigenvalue weighted by Crippen LogP contribution is 2.21. The number of aryl methyl sites for hydroxylation is 1. The van der Waals surface area contributed by atoms with Crippen LogP contribution in [-0.4, -0.2) is 20.8 Å². The van der Waals surface area contributed by atoms with Crippen LogP contribution in [0.1, 0.15) is 71.6 Å². The molecule has 1 aromatic rings. The van der Waals surface area contributed by atoms with E-state index in [1.807, 2.05) is 0 Å². The summed E-state index contributed by atoms with van der Waals surface area (Å²) in [5, 5.41) is 12.5. The van der Waals surface area contributed by atoms with E-state index < -0.39 is 0 Å². The van der Waals surface area contributed by atoms with Crippen molar-refractivity contribution < 1.29 is 0 Å². The second-order valence-corrected chi connectivity index (χ2v) is 7.07. The topological polar surface area (TPSA) is 42.7 Å². The normalized spacial score (nSPS) is 16.4. The van der Waals surface area contributed by atoms with Gasteiger partial charge in [-0.25, -0.2) is 0 Å². The number of nitrogens with one attached hydrogen (secondary N) is 1. The Labute approximate surface area is 123 Å². The molecule has 1 N–H and O–H groups in total. The molecule has 0 spiro atoms. The first-order valence-electron chi connectivity index (χ1n) is 8.15. The summed E-state index contributed by atoms with van der Waals surface area (Å²) in [7, 11) is 0. The van der Waals surface area contributed by atoms with Crippen LogP contribution in [0.4, 0.5) is 0 Å². The number of hydrogen-bond donors (Lipinski definition) is 1. The molecular weight excluding hydrogens is 248 g/mol. The minimum absolute atomic E-state index is 0.289. The van der Waals surface area contributed by atoms with E-state index in [2.05, 4.69) is 54.7 Å². The molecule has 2 heterocycles. The van der Waals surface area contributed by atoms with Crippen LogP contribution in [0.15, 0.2) is 0 Å². The summed E-state index contributed by atoms with van der Waals surface area (Å²) in [6.45, 7) is 12.5. The fourth-order valence-corrected chi connectivity index (χ4v) is 3.29. The quantitative estimate of drug-likeness (QED) is 0.832. The van der Waals surface area contributed by atoms with Gasteiger partial charge in [-0.1, -0.05) is 27.7 Å². The number of fused-ring (bicyclic) bond motifs is 1. The standard InChI is InChI=1S/C16H30N4/c1-11(2)9-14(10-12(3)4)17-13(5)16-19-18-15-7-6-8-20(15)16/h11-14,17H,6-10H2,1-5H3. The van der Waals surface area contributed by atoms with Crippen LogP contribution in [0.2, 0.25) is 0 Å². The minimum atomic E-state index is 0.289. The molecule has 1 aliphatic heterocycles. The second-order valence-electron chi connectivity index (χ2n) is 7.07. The Bertz CT molecular complexity index is 412. The Kier molecular flexibility index (Phi) is 5.19. The van der Waals surface area contributed by atoms with E-state index in [0.29, 0.717) is 6.04 Å². The maximum absolute atomic E-state index is 4.40. The van der Waals surface area contributed by atoms with Crippen molar-refractivity contribution in [3.8, 4) is 0 Å². The Morgan fingerprint density at radius 3 is 2.30 bits per heavy atom. The SMILES string of the molecule is CC(C)CC(CC(C)C)NC(C)c1nnc2n1CCC2. The van der Waals surface area contributed by atoms with Gasteiger partial charge in [-0.3, -0.25) is 0 Å². The minimum Gasteiger partial charge on any atom is -0.314 e. The van der Waals surface area contributed by atoms with Gasteiger partial charge in [0.15, 0.2) is 0 Å². The molecule has 4 heteroatoms. The number of nitrogens with zero attached hydrogens (tertiary/aromatic N) is 3. The highest BCUT2D eigenvalue weighted by atomic mass is 15.3. The largest absolute Gasteiger partial charge is 0.314 e. The number of rotatable bonds is 7. The van der Waals surface area contributed by atoms with Crippen molar-refractivity contribution in [1.29, 1.82) is 0 Å². The Morgan fingerprint density at radius 2 is 1.70 bits per heavy atom. The predicted octanol–water partition coefficient (Wildman–Crippen LogP) is 3.34. The summed E-state index contributed by atoms with van der Waals surface area (Å²) in [5.41, 5.74) is 0. The monoisotopic (exact) mass is 278 g/mol. The number of hydrogen-bond acceptors (Lipinski definition) is 3. The van der Waals surface area contributed by atoms with Gasteiger partial charge in [-0.05, 0) is 38.0 Å². The van der Waals surface area contributed by atoms with Gasteiger partial charge in [0.2, 0.25) is 0 Å². The third-order valence-corrected chi connectivity index (χ3v) is 4.02. The van der Waals surface area contributed by atoms with Gasteiger partial charge in [-0.15, -0.1) is 10.2 Å². The van der Waals surface area contributed by atoms with E-state index >= 15 is 0 Å². The van der Waals surface area contributed by atoms with Crippen LogP contribution in [0, 0.1) is 11.8 Å². The molecule has 1 unspecified atom stereocenters. The van der Waals surface area contributed by atoms with Crippen molar-refractivity contribution in [2.75, 3.05) is 0 Å². The Hall–Kier alpha value is -0.900. The van der Waals surface area contributed by atoms with Gasteiger partial charge in [0.25, 0.3) is 0 Å². The van der Waals surface area contributed by atoms with Crippen LogP contribution in [0.3, 0.4) is 0 Å². The first-order chi connectivity index (χ1) is 9.47. The lowest BCUT2D eigenvalue weighted by Gasteiger charge is -2.26. The van der Waals surface area contributed by atoms with E-state index in [1.54, 1.807) is 0 Å². The van der Waals surface area contributed by atoms with Gasteiger partial charge in [0.1, 0.15) is 11.6 Å². The lowest BCUT2D eigenvalue weighted by Crippen LogP contribution is -2.35. The van der Waals surface area contributed by atoms with Crippen LogP contribution in [-0.2, 0) is 13.0 Å². The molecule has 0 fully saturated rings. The Balaban J connectivity index is 2.01. The molecule has 2 rings (SSSR count). The van der Waals surface area contributed by atoms with Crippen LogP contribution < -0.4 is 5.32 Å². The van der Waals surface area contributed by atoms with Crippen molar-refractivity contribution in [2.24, 2.45) is 11.8 Å². The van der Waals surface area contributed by atoms with Crippen LogP contribution >= 0.6 is 0 Å². The van der Waals surface area contributed by atoms with Gasteiger partial charge in [-0.2, -0.15) is 0 Å². The van der Waals surface area contributed by atoms with Crippen molar-refractivity contribution in [3.05, 3.63) is 11.6 Å². The molecule has 0 bridgehead atoms. The fourth-order valence-electron chi connectivity index (χ4n) is 3.29. The summed E-state index contributed by atoms with van der Waals surface area (Å²) in [6, 6.07) is 0.858. The molecule has 20 heavy (non-hydrogen) atoms. The average molecular weight is 278 g/mol. The highest BCUT2D eigenvalue weighted by Gasteiger charge is 2.23. The lowest BCUT2D eigenvalue weighted by atomic mass is 9.95. The molecule has 0 radical (unpaired) electrons. The first-order valence-corrected chi connectivity index (χ1v) is 8.15. The first kappa shape index (κ1) is 15.5. The van der Waals surface area contributed by atoms with E-state index in [0.717, 1.165) is 36.5 Å². The Morgan fingerprint density at radius 1 is 1.05 bits per heavy atom. The fraction of sp³-hybridized carbons (Fsp3) is 0.875. The van der Waals surface area contributed by atoms with Gasteiger partial charge in [0.05, 0.1) is 6.04 Å². The van der Waals surface area contributed by atoms with Gasteiger partial charge in [0, 0.05) is 19.0 Å². The molecule has 0 saturated carbocycles. The van der Waals surface area contributed by atoms with E-state index in [1.165, 1.54) is 19.3 Å². The average Bonchev–Trinajstić information content (AvgIpc) is 2.87. The third-order valence-electron chi connectivity index (χ3n) is 4.02. The van der Waals surface area contributed by atoms with E-state index in [4.69, 9.17) is 0 Å². The van der Waals surface area contributed by atoms with E-state index in [-0.39, 0.29) is 6.04 Å². The molecular formula is C16H30N4. The number of aromatic nitrogens is 3. The van der Waals surface area contributed by atoms with E-state index in [9.17, 15) is 0 Å². The van der Waals surface area contributed by atoms with Crippen molar-refractivity contribution >= 4 is 0 Å². The maximum Gasteiger partial charge on any atom is 0.149 e. The molecule has 1 aromatic heterocycles. The molecule has 114 valence electrons. The molecule has 1 atom stereocenters. The summed E-state index contributed by atoms with van der Waals surface area (Å²) in [6.07, 6.45) is 4.75. The van der Waals surface area contributed by atoms with Crippen molar-refractivity contribution in [2.45, 2.75) is 78.9 Å². The predicted molar refractivity (Wildman–Crippen MR) is 82.6 cm³/mol. The lowest BCUT2D eigenvalue weighted by molar-refractivity contribution is 0.327. The molecule has 0 saturated heterocycles. The van der Waals surface area contributed by atoms with Crippen molar-refractivity contribution in [1.82, 2.24) is 20.1 Å². The smallest absolute Gasteiger partial charge is 0.149 e. The van der Waals surface area contributed by atoms with Crippen molar-refractivity contribution in [3.63, 3.8) is 0 Å². The third kappa shape index (κ3) is 3.81. The second kappa shape index (κ2) is 6.70. The molecule has 0 amide bonds. The molecule has 0 aliphatic carbocycles. The molecule has 4 nitrogen and oxygen atoms in total. The summed E-state index contributed by atoms with van der Waals surface area (Å²) >= 11 is 0. The highest BCUT2D eigenvalue weighted by molar-refractivity contribution is 5.04. The summed E-state index contributed by atoms with van der Waals surface area (Å²) < 4.78 is 2.31. The zero-order valence-electron chi connectivity index (χ0n) is 13.7.